The molecule has 0 aromatic heterocycles. The molecule has 3 fully saturated rings. The van der Waals surface area contributed by atoms with Gasteiger partial charge in [0.15, 0.2) is 0 Å². The van der Waals surface area contributed by atoms with Crippen molar-refractivity contribution in [3.8, 4) is 5.75 Å². The lowest BCUT2D eigenvalue weighted by Crippen LogP contribution is -2.57. The second kappa shape index (κ2) is 8.22. The summed E-state index contributed by atoms with van der Waals surface area (Å²) in [6, 6.07) is 7.33. The summed E-state index contributed by atoms with van der Waals surface area (Å²) in [5.41, 5.74) is 0.613. The number of methoxy groups -OCH3 is 1. The zero-order valence-corrected chi connectivity index (χ0v) is 18.8. The lowest BCUT2D eigenvalue weighted by atomic mass is 9.74. The number of hydrogen-bond acceptors (Lipinski definition) is 4. The number of amides is 2. The fraction of sp³-hybridized carbons (Fsp3) is 0.667. The highest BCUT2D eigenvalue weighted by molar-refractivity contribution is 5.94. The monoisotopic (exact) mass is 413 g/mol. The van der Waals surface area contributed by atoms with E-state index in [1.165, 1.54) is 0 Å². The van der Waals surface area contributed by atoms with Crippen LogP contribution in [-0.4, -0.2) is 78.4 Å². The average molecular weight is 414 g/mol. The molecule has 3 aliphatic heterocycles. The van der Waals surface area contributed by atoms with Crippen LogP contribution in [0.2, 0.25) is 0 Å². The highest BCUT2D eigenvalue weighted by atomic mass is 16.5. The smallest absolute Gasteiger partial charge is 0.253 e. The molecule has 1 aromatic carbocycles. The summed E-state index contributed by atoms with van der Waals surface area (Å²) in [4.78, 5) is 32.8. The molecule has 3 aliphatic rings. The molecular formula is C24H35N3O3. The molecule has 6 nitrogen and oxygen atoms in total. The van der Waals surface area contributed by atoms with E-state index in [4.69, 9.17) is 4.74 Å². The predicted molar refractivity (Wildman–Crippen MR) is 117 cm³/mol. The quantitative estimate of drug-likeness (QED) is 0.745. The van der Waals surface area contributed by atoms with Gasteiger partial charge in [-0.3, -0.25) is 9.59 Å². The third-order valence-electron chi connectivity index (χ3n) is 7.40. The van der Waals surface area contributed by atoms with E-state index in [-0.39, 0.29) is 17.4 Å². The average Bonchev–Trinajstić information content (AvgIpc) is 3.25. The summed E-state index contributed by atoms with van der Waals surface area (Å²) in [5, 5.41) is 0. The van der Waals surface area contributed by atoms with Crippen molar-refractivity contribution in [3.05, 3.63) is 29.8 Å². The Morgan fingerprint density at radius 2 is 1.83 bits per heavy atom. The number of fused-ring (bicyclic) bond motifs is 2. The Labute approximate surface area is 180 Å². The third-order valence-corrected chi connectivity index (χ3v) is 7.40. The van der Waals surface area contributed by atoms with E-state index in [1.54, 1.807) is 7.11 Å². The zero-order chi connectivity index (χ0) is 21.5. The van der Waals surface area contributed by atoms with Gasteiger partial charge in [0.05, 0.1) is 18.6 Å². The molecule has 2 amide bonds. The molecule has 0 radical (unpaired) electrons. The van der Waals surface area contributed by atoms with Crippen LogP contribution in [0.15, 0.2) is 24.3 Å². The first-order valence-electron chi connectivity index (χ1n) is 11.4. The highest BCUT2D eigenvalue weighted by Gasteiger charge is 2.61. The number of rotatable bonds is 5. The van der Waals surface area contributed by atoms with E-state index in [2.05, 4.69) is 30.6 Å². The molecule has 0 saturated carbocycles. The molecule has 3 heterocycles. The Balaban J connectivity index is 1.48. The standard InChI is InChI=1S/C24H35N3O3/c1-5-27-23(29)20-15-25(14-17(2)3)16-21(20)24(27)10-12-26(13-11-24)22(28)18-6-8-19(30-4)9-7-18/h6-9,17,20-21H,5,10-16H2,1-4H3/t20-,21+/m1/s1. The van der Waals surface area contributed by atoms with Crippen molar-refractivity contribution in [2.75, 3.05) is 46.4 Å². The van der Waals surface area contributed by atoms with Gasteiger partial charge in [-0.25, -0.2) is 0 Å². The van der Waals surface area contributed by atoms with Gasteiger partial charge in [0, 0.05) is 50.7 Å². The SMILES string of the molecule is CCN1C(=O)[C@@H]2CN(CC(C)C)C[C@@H]2C12CCN(C(=O)c1ccc(OC)cc1)CC2. The maximum Gasteiger partial charge on any atom is 0.253 e. The second-order valence-electron chi connectivity index (χ2n) is 9.53. The van der Waals surface area contributed by atoms with E-state index in [0.29, 0.717) is 36.4 Å². The summed E-state index contributed by atoms with van der Waals surface area (Å²) in [6.45, 7) is 11.7. The van der Waals surface area contributed by atoms with Crippen molar-refractivity contribution < 1.29 is 14.3 Å². The maximum absolute atomic E-state index is 13.2. The van der Waals surface area contributed by atoms with Crippen LogP contribution >= 0.6 is 0 Å². The number of benzene rings is 1. The van der Waals surface area contributed by atoms with E-state index in [9.17, 15) is 9.59 Å². The number of ether oxygens (including phenoxy) is 1. The van der Waals surface area contributed by atoms with Gasteiger partial charge in [0.2, 0.25) is 5.91 Å². The maximum atomic E-state index is 13.2. The van der Waals surface area contributed by atoms with E-state index < -0.39 is 0 Å². The van der Waals surface area contributed by atoms with Crippen LogP contribution in [0.5, 0.6) is 5.75 Å². The Hall–Kier alpha value is -2.08. The Kier molecular flexibility index (Phi) is 5.80. The van der Waals surface area contributed by atoms with Gasteiger partial charge in [-0.15, -0.1) is 0 Å². The van der Waals surface area contributed by atoms with Gasteiger partial charge in [0.25, 0.3) is 5.91 Å². The Morgan fingerprint density at radius 1 is 1.17 bits per heavy atom. The van der Waals surface area contributed by atoms with Crippen LogP contribution in [0, 0.1) is 17.8 Å². The lowest BCUT2D eigenvalue weighted by Gasteiger charge is -2.48. The van der Waals surface area contributed by atoms with Crippen molar-refractivity contribution in [1.29, 1.82) is 0 Å². The topological polar surface area (TPSA) is 53.1 Å². The van der Waals surface area contributed by atoms with E-state index in [1.807, 2.05) is 29.2 Å². The second-order valence-corrected chi connectivity index (χ2v) is 9.53. The number of hydrogen-bond donors (Lipinski definition) is 0. The van der Waals surface area contributed by atoms with Crippen molar-refractivity contribution >= 4 is 11.8 Å². The number of likely N-dealkylation sites (tertiary alicyclic amines) is 3. The number of carbonyl (C=O) groups excluding carboxylic acids is 2. The van der Waals surface area contributed by atoms with Crippen LogP contribution in [-0.2, 0) is 4.79 Å². The minimum absolute atomic E-state index is 0.0734. The van der Waals surface area contributed by atoms with E-state index in [0.717, 1.165) is 44.8 Å². The molecule has 3 saturated heterocycles. The summed E-state index contributed by atoms with van der Waals surface area (Å²) >= 11 is 0. The van der Waals surface area contributed by atoms with Crippen molar-refractivity contribution in [2.24, 2.45) is 17.8 Å². The Morgan fingerprint density at radius 3 is 2.40 bits per heavy atom. The third kappa shape index (κ3) is 3.49. The molecule has 0 aliphatic carbocycles. The largest absolute Gasteiger partial charge is 0.497 e. The first kappa shape index (κ1) is 21.2. The Bertz CT molecular complexity index is 783. The van der Waals surface area contributed by atoms with Crippen LogP contribution in [0.1, 0.15) is 44.0 Å². The van der Waals surface area contributed by atoms with Gasteiger partial charge in [-0.2, -0.15) is 0 Å². The molecule has 1 aromatic rings. The number of carbonyl (C=O) groups is 2. The predicted octanol–water partition coefficient (Wildman–Crippen LogP) is 2.74. The van der Waals surface area contributed by atoms with Crippen molar-refractivity contribution in [1.82, 2.24) is 14.7 Å². The van der Waals surface area contributed by atoms with Crippen molar-refractivity contribution in [3.63, 3.8) is 0 Å². The molecule has 4 rings (SSSR count). The number of piperidine rings is 1. The summed E-state index contributed by atoms with van der Waals surface area (Å²) < 4.78 is 5.20. The minimum Gasteiger partial charge on any atom is -0.497 e. The molecule has 6 heteroatoms. The van der Waals surface area contributed by atoms with Gasteiger partial charge in [-0.05, 0) is 49.9 Å². The molecule has 30 heavy (non-hydrogen) atoms. The zero-order valence-electron chi connectivity index (χ0n) is 18.8. The summed E-state index contributed by atoms with van der Waals surface area (Å²) in [7, 11) is 1.63. The van der Waals surface area contributed by atoms with E-state index >= 15 is 0 Å². The van der Waals surface area contributed by atoms with Gasteiger partial charge < -0.3 is 19.4 Å². The number of nitrogens with zero attached hydrogens (tertiary/aromatic N) is 3. The first-order chi connectivity index (χ1) is 14.4. The lowest BCUT2D eigenvalue weighted by molar-refractivity contribution is -0.135. The minimum atomic E-state index is -0.0844. The normalized spacial score (nSPS) is 26.0. The molecular weight excluding hydrogens is 378 g/mol. The van der Waals surface area contributed by atoms with Crippen LogP contribution in [0.3, 0.4) is 0 Å². The summed E-state index contributed by atoms with van der Waals surface area (Å²) in [6.07, 6.45) is 1.76. The fourth-order valence-electron chi connectivity index (χ4n) is 6.09. The summed E-state index contributed by atoms with van der Waals surface area (Å²) in [5.74, 6) is 2.30. The van der Waals surface area contributed by atoms with Crippen LogP contribution in [0.25, 0.3) is 0 Å². The van der Waals surface area contributed by atoms with Gasteiger partial charge >= 0.3 is 0 Å². The highest BCUT2D eigenvalue weighted by Crippen LogP contribution is 2.49. The van der Waals surface area contributed by atoms with Gasteiger partial charge in [-0.1, -0.05) is 13.8 Å². The fourth-order valence-corrected chi connectivity index (χ4v) is 6.09. The molecule has 0 unspecified atom stereocenters. The molecule has 0 N–H and O–H groups in total. The van der Waals surface area contributed by atoms with Crippen molar-refractivity contribution in [2.45, 2.75) is 39.2 Å². The molecule has 0 bridgehead atoms. The first-order valence-corrected chi connectivity index (χ1v) is 11.4. The van der Waals surface area contributed by atoms with Gasteiger partial charge in [0.1, 0.15) is 5.75 Å². The van der Waals surface area contributed by atoms with Crippen LogP contribution < -0.4 is 4.74 Å². The molecule has 1 spiro atoms. The van der Waals surface area contributed by atoms with Crippen LogP contribution in [0.4, 0.5) is 0 Å². The molecule has 2 atom stereocenters. The molecule has 164 valence electrons.